The Hall–Kier alpha value is -0.240. The Morgan fingerprint density at radius 3 is 2.09 bits per heavy atom. The van der Waals surface area contributed by atoms with Crippen LogP contribution in [-0.4, -0.2) is 55.5 Å². The fourth-order valence-electron chi connectivity index (χ4n) is 6.54. The van der Waals surface area contributed by atoms with E-state index in [4.69, 9.17) is 28.4 Å². The molecular weight excluding hydrogens is 420 g/mol. The molecule has 3 saturated heterocycles. The van der Waals surface area contributed by atoms with Crippen LogP contribution in [0.1, 0.15) is 116 Å². The van der Waals surface area contributed by atoms with E-state index >= 15 is 0 Å². The van der Waals surface area contributed by atoms with E-state index in [9.17, 15) is 0 Å². The van der Waals surface area contributed by atoms with E-state index < -0.39 is 11.6 Å². The summed E-state index contributed by atoms with van der Waals surface area (Å²) in [5, 5.41) is 0. The second-order valence-electron chi connectivity index (χ2n) is 11.0. The summed E-state index contributed by atoms with van der Waals surface area (Å²) in [6, 6.07) is 0. The van der Waals surface area contributed by atoms with E-state index in [0.29, 0.717) is 6.61 Å². The van der Waals surface area contributed by atoms with E-state index in [1.807, 2.05) is 0 Å². The molecule has 0 aromatic heterocycles. The molecule has 5 fully saturated rings. The normalized spacial score (nSPS) is 37.2. The first-order valence-corrected chi connectivity index (χ1v) is 14.2. The molecule has 2 spiro atoms. The molecule has 0 radical (unpaired) electrons. The van der Waals surface area contributed by atoms with Crippen LogP contribution in [0.3, 0.4) is 0 Å². The van der Waals surface area contributed by atoms with Gasteiger partial charge in [-0.15, -0.1) is 0 Å². The zero-order valence-electron chi connectivity index (χ0n) is 20.8. The SMILES string of the molecule is CCCCCCCCCO[C@@H]1[C@H]([C@@H]2COC3(CCCCC3)O2)O[C@@H]2OC3(CCCCC3)O[C@@H]21. The Bertz CT molecular complexity index is 599. The van der Waals surface area contributed by atoms with Gasteiger partial charge in [-0.25, -0.2) is 0 Å². The topological polar surface area (TPSA) is 55.4 Å². The summed E-state index contributed by atoms with van der Waals surface area (Å²) in [6.45, 7) is 3.59. The zero-order valence-corrected chi connectivity index (χ0v) is 20.8. The maximum atomic E-state index is 6.61. The van der Waals surface area contributed by atoms with Crippen molar-refractivity contribution in [1.82, 2.24) is 0 Å². The second kappa shape index (κ2) is 11.2. The molecule has 2 aliphatic carbocycles. The van der Waals surface area contributed by atoms with Crippen molar-refractivity contribution in [3.8, 4) is 0 Å². The summed E-state index contributed by atoms with van der Waals surface area (Å²) in [5.41, 5.74) is 0. The van der Waals surface area contributed by atoms with Crippen LogP contribution in [0.4, 0.5) is 0 Å². The van der Waals surface area contributed by atoms with Crippen LogP contribution in [0.5, 0.6) is 0 Å². The first-order valence-electron chi connectivity index (χ1n) is 14.2. The van der Waals surface area contributed by atoms with E-state index in [-0.39, 0.29) is 30.7 Å². The van der Waals surface area contributed by atoms with Gasteiger partial charge in [-0.05, 0) is 32.1 Å². The number of fused-ring (bicyclic) bond motifs is 1. The maximum Gasteiger partial charge on any atom is 0.190 e. The highest BCUT2D eigenvalue weighted by Gasteiger charge is 2.61. The first-order chi connectivity index (χ1) is 16.2. The van der Waals surface area contributed by atoms with Crippen LogP contribution in [0.2, 0.25) is 0 Å². The molecule has 190 valence electrons. The predicted octanol–water partition coefficient (Wildman–Crippen LogP) is 6.00. The van der Waals surface area contributed by atoms with Gasteiger partial charge in [-0.3, -0.25) is 0 Å². The smallest absolute Gasteiger partial charge is 0.190 e. The molecule has 2 saturated carbocycles. The third-order valence-electron chi connectivity index (χ3n) is 8.42. The Kier molecular flexibility index (Phi) is 8.31. The highest BCUT2D eigenvalue weighted by molar-refractivity contribution is 5.01. The summed E-state index contributed by atoms with van der Waals surface area (Å²) < 4.78 is 38.8. The van der Waals surface area contributed by atoms with Gasteiger partial charge in [0, 0.05) is 32.3 Å². The Morgan fingerprint density at radius 2 is 1.36 bits per heavy atom. The van der Waals surface area contributed by atoms with Crippen LogP contribution >= 0.6 is 0 Å². The van der Waals surface area contributed by atoms with Crippen LogP contribution in [0.15, 0.2) is 0 Å². The molecule has 3 aliphatic heterocycles. The molecule has 0 unspecified atom stereocenters. The van der Waals surface area contributed by atoms with Crippen molar-refractivity contribution in [2.45, 2.75) is 158 Å². The summed E-state index contributed by atoms with van der Waals surface area (Å²) in [5.74, 6) is -0.865. The van der Waals surface area contributed by atoms with Crippen molar-refractivity contribution in [3.63, 3.8) is 0 Å². The summed E-state index contributed by atoms with van der Waals surface area (Å²) in [4.78, 5) is 0. The minimum Gasteiger partial charge on any atom is -0.372 e. The van der Waals surface area contributed by atoms with Crippen molar-refractivity contribution in [2.75, 3.05) is 13.2 Å². The van der Waals surface area contributed by atoms with Crippen LogP contribution < -0.4 is 0 Å². The fourth-order valence-corrected chi connectivity index (χ4v) is 6.54. The Morgan fingerprint density at radius 1 is 0.697 bits per heavy atom. The van der Waals surface area contributed by atoms with Crippen molar-refractivity contribution in [2.24, 2.45) is 0 Å². The number of ether oxygens (including phenoxy) is 6. The van der Waals surface area contributed by atoms with E-state index in [1.54, 1.807) is 0 Å². The van der Waals surface area contributed by atoms with Gasteiger partial charge in [0.1, 0.15) is 24.4 Å². The Balaban J connectivity index is 1.17. The molecule has 33 heavy (non-hydrogen) atoms. The largest absolute Gasteiger partial charge is 0.372 e. The van der Waals surface area contributed by atoms with E-state index in [2.05, 4.69) is 6.92 Å². The molecule has 5 rings (SSSR count). The molecule has 6 heteroatoms. The van der Waals surface area contributed by atoms with Gasteiger partial charge in [0.15, 0.2) is 17.9 Å². The van der Waals surface area contributed by atoms with Gasteiger partial charge >= 0.3 is 0 Å². The summed E-state index contributed by atoms with van der Waals surface area (Å²) in [6.07, 6.45) is 19.1. The van der Waals surface area contributed by atoms with Gasteiger partial charge in [0.05, 0.1) is 6.61 Å². The highest BCUT2D eigenvalue weighted by atomic mass is 16.9. The summed E-state index contributed by atoms with van der Waals surface area (Å²) in [7, 11) is 0. The molecule has 0 amide bonds. The van der Waals surface area contributed by atoms with Crippen molar-refractivity contribution in [1.29, 1.82) is 0 Å². The van der Waals surface area contributed by atoms with Crippen molar-refractivity contribution >= 4 is 0 Å². The molecule has 5 aliphatic rings. The van der Waals surface area contributed by atoms with Crippen LogP contribution in [0.25, 0.3) is 0 Å². The van der Waals surface area contributed by atoms with Crippen molar-refractivity contribution < 1.29 is 28.4 Å². The molecule has 0 aromatic carbocycles. The highest BCUT2D eigenvalue weighted by Crippen LogP contribution is 2.48. The quantitative estimate of drug-likeness (QED) is 0.368. The lowest BCUT2D eigenvalue weighted by molar-refractivity contribution is -0.262. The number of hydrogen-bond donors (Lipinski definition) is 0. The van der Waals surface area contributed by atoms with Crippen molar-refractivity contribution in [3.05, 3.63) is 0 Å². The average molecular weight is 467 g/mol. The minimum atomic E-state index is -0.461. The lowest BCUT2D eigenvalue weighted by Crippen LogP contribution is -2.46. The molecule has 0 N–H and O–H groups in total. The third-order valence-corrected chi connectivity index (χ3v) is 8.42. The molecule has 3 heterocycles. The number of unbranched alkanes of at least 4 members (excludes halogenated alkanes) is 6. The van der Waals surface area contributed by atoms with Crippen LogP contribution in [-0.2, 0) is 28.4 Å². The van der Waals surface area contributed by atoms with Gasteiger partial charge < -0.3 is 28.4 Å². The van der Waals surface area contributed by atoms with E-state index in [1.165, 1.54) is 64.2 Å². The number of rotatable bonds is 10. The lowest BCUT2D eigenvalue weighted by Gasteiger charge is -2.35. The third kappa shape index (κ3) is 5.62. The lowest BCUT2D eigenvalue weighted by atomic mass is 9.94. The minimum absolute atomic E-state index is 0.109. The molecular formula is C27H46O6. The first kappa shape index (κ1) is 24.5. The average Bonchev–Trinajstić information content (AvgIpc) is 3.48. The molecule has 5 atom stereocenters. The molecule has 0 bridgehead atoms. The van der Waals surface area contributed by atoms with E-state index in [0.717, 1.165) is 51.6 Å². The number of hydrogen-bond acceptors (Lipinski definition) is 6. The zero-order chi connectivity index (χ0) is 22.6. The Labute approximate surface area is 200 Å². The summed E-state index contributed by atoms with van der Waals surface area (Å²) >= 11 is 0. The van der Waals surface area contributed by atoms with Gasteiger partial charge in [0.25, 0.3) is 0 Å². The fraction of sp³-hybridized carbons (Fsp3) is 1.00. The second-order valence-corrected chi connectivity index (χ2v) is 11.0. The molecule has 6 nitrogen and oxygen atoms in total. The monoisotopic (exact) mass is 466 g/mol. The maximum absolute atomic E-state index is 6.61. The van der Waals surface area contributed by atoms with Gasteiger partial charge in [-0.2, -0.15) is 0 Å². The predicted molar refractivity (Wildman–Crippen MR) is 125 cm³/mol. The van der Waals surface area contributed by atoms with Gasteiger partial charge in [-0.1, -0.05) is 58.3 Å². The van der Waals surface area contributed by atoms with Crippen LogP contribution in [0, 0.1) is 0 Å². The van der Waals surface area contributed by atoms with Gasteiger partial charge in [0.2, 0.25) is 0 Å². The molecule has 0 aromatic rings. The standard InChI is InChI=1S/C27H46O6/c1-2-3-4-5-6-7-14-19-28-23-22(21-20-29-26(31-21)15-10-8-11-16-26)30-25-24(23)32-27(33-25)17-12-9-13-18-27/h21-25H,2-20H2,1H3/t21-,22-,23+,24+,25+/m0/s1.